The number of rotatable bonds is 0. The first-order valence-corrected chi connectivity index (χ1v) is 5.11. The average molecular weight is 219 g/mol. The van der Waals surface area contributed by atoms with Gasteiger partial charge in [0.15, 0.2) is 0 Å². The van der Waals surface area contributed by atoms with E-state index in [4.69, 9.17) is 9.47 Å². The molecule has 2 rings (SSSR count). The molecular formula is C10H14O5. The molecule has 0 aromatic carbocycles. The van der Waals surface area contributed by atoms with E-state index in [9.17, 15) is 14.7 Å². The van der Waals surface area contributed by atoms with Gasteiger partial charge in [-0.1, -0.05) is 0 Å². The van der Waals surface area contributed by atoms with Crippen LogP contribution in [0.15, 0.2) is 0 Å². The standard InChI is InChI=1S/C10H14O5/c1-5-2-8-10(15-8)7(12)3-6(11)4-9(13)14-5/h5,7-8,10,12H,2-4H2,1H3/t5-,7+,8+,10-/m1/s1/i5+1,6+1,7+1,8+1,9+1. The summed E-state index contributed by atoms with van der Waals surface area (Å²) in [5.74, 6) is -0.811. The topological polar surface area (TPSA) is 76.1 Å². The molecule has 0 aromatic rings. The van der Waals surface area contributed by atoms with Gasteiger partial charge in [-0.3, -0.25) is 9.59 Å². The number of aliphatic hydroxyl groups is 1. The van der Waals surface area contributed by atoms with Gasteiger partial charge < -0.3 is 14.6 Å². The maximum atomic E-state index is 11.3. The predicted molar refractivity (Wildman–Crippen MR) is 49.1 cm³/mol. The Hall–Kier alpha value is -0.940. The summed E-state index contributed by atoms with van der Waals surface area (Å²) in [5, 5.41) is 9.59. The van der Waals surface area contributed by atoms with Crippen molar-refractivity contribution >= 4 is 11.8 Å². The first-order valence-electron chi connectivity index (χ1n) is 5.11. The minimum atomic E-state index is -0.777. The number of hydrogen-bond donors (Lipinski definition) is 1. The number of epoxide rings is 1. The third-order valence-electron chi connectivity index (χ3n) is 2.68. The summed E-state index contributed by atoms with van der Waals surface area (Å²) in [7, 11) is 0. The van der Waals surface area contributed by atoms with E-state index in [1.165, 1.54) is 0 Å². The van der Waals surface area contributed by atoms with Gasteiger partial charge in [-0.25, -0.2) is 0 Å². The number of ketones is 1. The number of carbonyl (C=O) groups is 2. The molecule has 4 atom stereocenters. The van der Waals surface area contributed by atoms with Gasteiger partial charge in [0, 0.05) is 12.8 Å². The van der Waals surface area contributed by atoms with Crippen molar-refractivity contribution in [2.45, 2.75) is 50.6 Å². The third kappa shape index (κ3) is 2.54. The van der Waals surface area contributed by atoms with Crippen LogP contribution in [0.4, 0.5) is 0 Å². The molecule has 0 saturated carbocycles. The number of fused-ring (bicyclic) bond motifs is 1. The van der Waals surface area contributed by atoms with E-state index in [0.29, 0.717) is 6.42 Å². The summed E-state index contributed by atoms with van der Waals surface area (Å²) < 4.78 is 10.2. The maximum Gasteiger partial charge on any atom is 0.313 e. The second kappa shape index (κ2) is 3.90. The van der Waals surface area contributed by atoms with Crippen LogP contribution in [0, 0.1) is 0 Å². The normalized spacial score (nSPS) is 41.7. The molecule has 0 unspecified atom stereocenters. The Morgan fingerprint density at radius 2 is 2.13 bits per heavy atom. The zero-order valence-electron chi connectivity index (χ0n) is 8.51. The molecule has 84 valence electrons. The van der Waals surface area contributed by atoms with Crippen molar-refractivity contribution in [2.75, 3.05) is 0 Å². The van der Waals surface area contributed by atoms with Gasteiger partial charge in [-0.05, 0) is 6.92 Å². The molecule has 5 nitrogen and oxygen atoms in total. The Balaban J connectivity index is 2.02. The van der Waals surface area contributed by atoms with Crippen LogP contribution in [0.1, 0.15) is 26.2 Å². The number of cyclic esters (lactones) is 1. The van der Waals surface area contributed by atoms with Crippen LogP contribution < -0.4 is 0 Å². The van der Waals surface area contributed by atoms with Crippen LogP contribution in [-0.2, 0) is 19.1 Å². The van der Waals surface area contributed by atoms with Crippen molar-refractivity contribution in [3.8, 4) is 0 Å². The van der Waals surface area contributed by atoms with E-state index < -0.39 is 12.1 Å². The maximum absolute atomic E-state index is 11.3. The first-order chi connectivity index (χ1) is 7.06. The second-order valence-electron chi connectivity index (χ2n) is 4.16. The van der Waals surface area contributed by atoms with Crippen molar-refractivity contribution in [2.24, 2.45) is 0 Å². The smallest absolute Gasteiger partial charge is 0.313 e. The molecule has 0 amide bonds. The fraction of sp³-hybridized carbons (Fsp3) is 0.800. The zero-order chi connectivity index (χ0) is 11.0. The van der Waals surface area contributed by atoms with Crippen LogP contribution in [0.2, 0.25) is 0 Å². The van der Waals surface area contributed by atoms with Crippen LogP contribution in [0.25, 0.3) is 0 Å². The lowest BCUT2D eigenvalue weighted by molar-refractivity contribution is -0.150. The number of Topliss-reactive ketones (excluding diaryl/α,β-unsaturated/α-hetero) is 1. The summed E-state index contributed by atoms with van der Waals surface area (Å²) in [4.78, 5) is 22.5. The molecule has 0 radical (unpaired) electrons. The van der Waals surface area contributed by atoms with Gasteiger partial charge in [0.25, 0.3) is 0 Å². The van der Waals surface area contributed by atoms with Crippen molar-refractivity contribution in [1.29, 1.82) is 0 Å². The lowest BCUT2D eigenvalue weighted by Gasteiger charge is -2.14. The lowest BCUT2D eigenvalue weighted by Crippen LogP contribution is -2.27. The predicted octanol–water partition coefficient (Wildman–Crippen LogP) is -0.201. The fourth-order valence-corrected chi connectivity index (χ4v) is 1.91. The van der Waals surface area contributed by atoms with Crippen LogP contribution in [-0.4, -0.2) is 41.3 Å². The minimum absolute atomic E-state index is 0.0232. The molecule has 0 aromatic heterocycles. The summed E-state index contributed by atoms with van der Waals surface area (Å²) in [6.45, 7) is 1.76. The van der Waals surface area contributed by atoms with Gasteiger partial charge >= 0.3 is 5.97 Å². The molecule has 0 spiro atoms. The number of ether oxygens (including phenoxy) is 2. The van der Waals surface area contributed by atoms with Gasteiger partial charge in [0.1, 0.15) is 24.4 Å². The Bertz CT molecular complexity index is 288. The van der Waals surface area contributed by atoms with E-state index in [1.807, 2.05) is 0 Å². The summed E-state index contributed by atoms with van der Waals surface area (Å²) in [6.07, 6.45) is -1.06. The Labute approximate surface area is 87.4 Å². The third-order valence-corrected chi connectivity index (χ3v) is 2.68. The Kier molecular flexibility index (Phi) is 2.75. The largest absolute Gasteiger partial charge is 0.462 e. The Morgan fingerprint density at radius 3 is 2.87 bits per heavy atom. The van der Waals surface area contributed by atoms with Crippen LogP contribution >= 0.6 is 0 Å². The van der Waals surface area contributed by atoms with E-state index in [-0.39, 0.29) is 36.9 Å². The minimum Gasteiger partial charge on any atom is -0.462 e. The molecule has 2 heterocycles. The highest BCUT2D eigenvalue weighted by molar-refractivity contribution is 5.95. The van der Waals surface area contributed by atoms with Gasteiger partial charge in [-0.15, -0.1) is 0 Å². The quantitative estimate of drug-likeness (QED) is 0.264. The van der Waals surface area contributed by atoms with Gasteiger partial charge in [0.2, 0.25) is 0 Å². The molecule has 2 saturated heterocycles. The van der Waals surface area contributed by atoms with Crippen LogP contribution in [0.3, 0.4) is 0 Å². The molecule has 2 aliphatic rings. The molecular weight excluding hydrogens is 205 g/mol. The number of hydrogen-bond acceptors (Lipinski definition) is 5. The molecule has 0 bridgehead atoms. The van der Waals surface area contributed by atoms with E-state index in [0.717, 1.165) is 0 Å². The first kappa shape index (κ1) is 10.6. The highest BCUT2D eigenvalue weighted by atomic mass is 16.7. The fourth-order valence-electron chi connectivity index (χ4n) is 1.91. The van der Waals surface area contributed by atoms with Crippen LogP contribution in [0.5, 0.6) is 0 Å². The van der Waals surface area contributed by atoms with Gasteiger partial charge in [-0.2, -0.15) is 0 Å². The molecule has 2 fully saturated rings. The second-order valence-corrected chi connectivity index (χ2v) is 4.16. The van der Waals surface area contributed by atoms with Crippen molar-refractivity contribution in [3.63, 3.8) is 0 Å². The number of esters is 1. The van der Waals surface area contributed by atoms with E-state index in [2.05, 4.69) is 0 Å². The average Bonchev–Trinajstić information content (AvgIpc) is 2.80. The monoisotopic (exact) mass is 219 g/mol. The SMILES string of the molecule is C[13C@@H]1C[13C@@H]2O[C@@H]2[13C@@H](O)C[13C](=O)C[13C](=O)O1. The summed E-state index contributed by atoms with van der Waals surface area (Å²) in [5.41, 5.74) is 0. The molecule has 0 aliphatic carbocycles. The number of carbonyl (C=O) groups excluding carboxylic acids is 2. The Morgan fingerprint density at radius 1 is 1.40 bits per heavy atom. The molecule has 5 heteroatoms. The highest BCUT2D eigenvalue weighted by Gasteiger charge is 2.46. The van der Waals surface area contributed by atoms with E-state index >= 15 is 0 Å². The highest BCUT2D eigenvalue weighted by Crippen LogP contribution is 2.32. The lowest BCUT2D eigenvalue weighted by atomic mass is 10.5. The summed E-state index contributed by atoms with van der Waals surface area (Å²) in [6, 6.07) is 0. The van der Waals surface area contributed by atoms with E-state index in [1.54, 1.807) is 6.92 Å². The zero-order valence-corrected chi connectivity index (χ0v) is 8.51. The summed E-state index contributed by atoms with van der Waals surface area (Å²) >= 11 is 0. The molecule has 1 N–H and O–H groups in total. The molecule has 15 heavy (non-hydrogen) atoms. The molecule has 2 aliphatic heterocycles. The number of aliphatic hydroxyl groups excluding tert-OH is 1. The van der Waals surface area contributed by atoms with Crippen molar-refractivity contribution in [3.05, 3.63) is 0 Å². The van der Waals surface area contributed by atoms with Gasteiger partial charge in [0.05, 0.1) is 12.2 Å². The van der Waals surface area contributed by atoms with Crippen molar-refractivity contribution in [1.82, 2.24) is 0 Å². The van der Waals surface area contributed by atoms with Crippen molar-refractivity contribution < 1.29 is 24.2 Å².